The molecule has 0 atom stereocenters. The molecule has 0 spiro atoms. The van der Waals surface area contributed by atoms with Crippen molar-refractivity contribution in [3.63, 3.8) is 0 Å². The van der Waals surface area contributed by atoms with Crippen molar-refractivity contribution in [3.05, 3.63) is 64.5 Å². The van der Waals surface area contributed by atoms with Gasteiger partial charge in [-0.05, 0) is 54.3 Å². The quantitative estimate of drug-likeness (QED) is 0.494. The highest BCUT2D eigenvalue weighted by molar-refractivity contribution is 7.89. The fourth-order valence-corrected chi connectivity index (χ4v) is 3.94. The van der Waals surface area contributed by atoms with Gasteiger partial charge < -0.3 is 15.5 Å². The van der Waals surface area contributed by atoms with E-state index in [1.807, 2.05) is 21.0 Å². The molecule has 0 unspecified atom stereocenters. The molecule has 0 aromatic heterocycles. The van der Waals surface area contributed by atoms with Crippen LogP contribution in [0.5, 0.6) is 0 Å². The summed E-state index contributed by atoms with van der Waals surface area (Å²) in [5.41, 5.74) is 4.56. The SMILES string of the molecule is CCNC(=NCc1cc(F)ccc1CS(C)(=O)=O)NCc1ccc(C)cc1N(C)C. The summed E-state index contributed by atoms with van der Waals surface area (Å²) >= 11 is 0. The van der Waals surface area contributed by atoms with Gasteiger partial charge in [0.2, 0.25) is 0 Å². The number of guanidine groups is 1. The Hall–Kier alpha value is -2.61. The number of aliphatic imine (C=N–C) groups is 1. The number of nitrogens with one attached hydrogen (secondary N) is 2. The lowest BCUT2D eigenvalue weighted by Crippen LogP contribution is -2.37. The highest BCUT2D eigenvalue weighted by Crippen LogP contribution is 2.20. The Balaban J connectivity index is 2.21. The van der Waals surface area contributed by atoms with Crippen LogP contribution >= 0.6 is 0 Å². The molecule has 0 bridgehead atoms. The number of anilines is 1. The summed E-state index contributed by atoms with van der Waals surface area (Å²) in [4.78, 5) is 6.61. The van der Waals surface area contributed by atoms with Crippen LogP contribution in [0.4, 0.5) is 10.1 Å². The van der Waals surface area contributed by atoms with E-state index in [2.05, 4.69) is 45.6 Å². The summed E-state index contributed by atoms with van der Waals surface area (Å²) in [6, 6.07) is 10.4. The van der Waals surface area contributed by atoms with Gasteiger partial charge in [0.15, 0.2) is 15.8 Å². The van der Waals surface area contributed by atoms with Crippen LogP contribution in [-0.2, 0) is 28.7 Å². The lowest BCUT2D eigenvalue weighted by molar-refractivity contribution is 0.600. The molecule has 2 N–H and O–H groups in total. The summed E-state index contributed by atoms with van der Waals surface area (Å²) in [7, 11) is 0.779. The minimum absolute atomic E-state index is 0.141. The van der Waals surface area contributed by atoms with Gasteiger partial charge in [0.25, 0.3) is 0 Å². The van der Waals surface area contributed by atoms with Gasteiger partial charge in [0.1, 0.15) is 5.82 Å². The van der Waals surface area contributed by atoms with Gasteiger partial charge in [-0.25, -0.2) is 17.8 Å². The van der Waals surface area contributed by atoms with Crippen molar-refractivity contribution in [2.75, 3.05) is 31.8 Å². The van der Waals surface area contributed by atoms with Crippen molar-refractivity contribution < 1.29 is 12.8 Å². The van der Waals surface area contributed by atoms with Crippen molar-refractivity contribution in [2.45, 2.75) is 32.7 Å². The monoisotopic (exact) mass is 434 g/mol. The molecular weight excluding hydrogens is 403 g/mol. The highest BCUT2D eigenvalue weighted by Gasteiger charge is 2.11. The summed E-state index contributed by atoms with van der Waals surface area (Å²) in [5.74, 6) is 0.0283. The normalized spacial score (nSPS) is 12.0. The Bertz CT molecular complexity index is 1000. The molecule has 2 aromatic carbocycles. The van der Waals surface area contributed by atoms with Crippen LogP contribution in [0, 0.1) is 12.7 Å². The van der Waals surface area contributed by atoms with Gasteiger partial charge in [-0.15, -0.1) is 0 Å². The number of rotatable bonds is 8. The van der Waals surface area contributed by atoms with Crippen LogP contribution < -0.4 is 15.5 Å². The third-order valence-electron chi connectivity index (χ3n) is 4.51. The van der Waals surface area contributed by atoms with Crippen molar-refractivity contribution in [1.82, 2.24) is 10.6 Å². The Morgan fingerprint density at radius 1 is 1.07 bits per heavy atom. The Morgan fingerprint density at radius 3 is 2.40 bits per heavy atom. The molecule has 0 aliphatic rings. The highest BCUT2D eigenvalue weighted by atomic mass is 32.2. The van der Waals surface area contributed by atoms with Gasteiger partial charge in [-0.2, -0.15) is 0 Å². The summed E-state index contributed by atoms with van der Waals surface area (Å²) in [5, 5.41) is 6.48. The molecule has 0 saturated heterocycles. The van der Waals surface area contributed by atoms with Crippen molar-refractivity contribution in [1.29, 1.82) is 0 Å². The van der Waals surface area contributed by atoms with E-state index in [0.29, 0.717) is 30.2 Å². The number of hydrogen-bond donors (Lipinski definition) is 2. The molecule has 2 aromatic rings. The maximum atomic E-state index is 13.7. The first kappa shape index (κ1) is 23.7. The Morgan fingerprint density at radius 2 is 1.77 bits per heavy atom. The van der Waals surface area contributed by atoms with Crippen molar-refractivity contribution >= 4 is 21.5 Å². The minimum Gasteiger partial charge on any atom is -0.377 e. The fraction of sp³-hybridized carbons (Fsp3) is 0.409. The predicted molar refractivity (Wildman–Crippen MR) is 122 cm³/mol. The number of nitrogens with zero attached hydrogens (tertiary/aromatic N) is 2. The first-order valence-electron chi connectivity index (χ1n) is 9.83. The van der Waals surface area contributed by atoms with E-state index in [1.165, 1.54) is 30.0 Å². The molecule has 30 heavy (non-hydrogen) atoms. The Kier molecular flexibility index (Phi) is 8.23. The van der Waals surface area contributed by atoms with E-state index >= 15 is 0 Å². The maximum Gasteiger partial charge on any atom is 0.191 e. The third kappa shape index (κ3) is 7.33. The first-order valence-corrected chi connectivity index (χ1v) is 11.9. The van der Waals surface area contributed by atoms with E-state index in [0.717, 1.165) is 11.3 Å². The standard InChI is InChI=1S/C22H31FN4O2S/c1-6-24-22(25-13-17-8-7-16(2)11-21(17)27(3)4)26-14-19-12-20(23)10-9-18(19)15-30(5,28)29/h7-12H,6,13-15H2,1-5H3,(H2,24,25,26). The van der Waals surface area contributed by atoms with E-state index in [1.54, 1.807) is 0 Å². The summed E-state index contributed by atoms with van der Waals surface area (Å²) < 4.78 is 37.1. The third-order valence-corrected chi connectivity index (χ3v) is 5.34. The van der Waals surface area contributed by atoms with E-state index in [-0.39, 0.29) is 12.3 Å². The molecule has 0 fully saturated rings. The van der Waals surface area contributed by atoms with Gasteiger partial charge in [0.05, 0.1) is 12.3 Å². The number of hydrogen-bond acceptors (Lipinski definition) is 4. The number of aryl methyl sites for hydroxylation is 1. The Labute approximate surface area is 179 Å². The largest absolute Gasteiger partial charge is 0.377 e. The molecule has 0 aliphatic heterocycles. The predicted octanol–water partition coefficient (Wildman–Crippen LogP) is 3.00. The number of sulfone groups is 1. The van der Waals surface area contributed by atoms with Gasteiger partial charge in [0, 0.05) is 39.1 Å². The van der Waals surface area contributed by atoms with Crippen LogP contribution in [0.15, 0.2) is 41.4 Å². The van der Waals surface area contributed by atoms with E-state index in [4.69, 9.17) is 0 Å². The molecule has 6 nitrogen and oxygen atoms in total. The second-order valence-electron chi connectivity index (χ2n) is 7.56. The van der Waals surface area contributed by atoms with E-state index < -0.39 is 15.7 Å². The smallest absolute Gasteiger partial charge is 0.191 e. The minimum atomic E-state index is -3.23. The lowest BCUT2D eigenvalue weighted by Gasteiger charge is -2.19. The summed E-state index contributed by atoms with van der Waals surface area (Å²) in [6.07, 6.45) is 1.17. The topological polar surface area (TPSA) is 73.8 Å². The zero-order valence-corrected chi connectivity index (χ0v) is 19.1. The summed E-state index contributed by atoms with van der Waals surface area (Å²) in [6.45, 7) is 5.43. The fourth-order valence-electron chi connectivity index (χ4n) is 3.09. The van der Waals surface area contributed by atoms with Crippen LogP contribution in [0.3, 0.4) is 0 Å². The van der Waals surface area contributed by atoms with Crippen molar-refractivity contribution in [2.24, 2.45) is 4.99 Å². The van der Waals surface area contributed by atoms with Gasteiger partial charge in [-0.1, -0.05) is 18.2 Å². The molecular formula is C22H31FN4O2S. The van der Waals surface area contributed by atoms with Crippen LogP contribution in [-0.4, -0.2) is 41.3 Å². The molecule has 0 amide bonds. The number of benzene rings is 2. The maximum absolute atomic E-state index is 13.7. The first-order chi connectivity index (χ1) is 14.1. The van der Waals surface area contributed by atoms with Crippen LogP contribution in [0.25, 0.3) is 0 Å². The van der Waals surface area contributed by atoms with E-state index in [9.17, 15) is 12.8 Å². The molecule has 164 valence electrons. The van der Waals surface area contributed by atoms with Gasteiger partial charge >= 0.3 is 0 Å². The molecule has 8 heteroatoms. The molecule has 0 heterocycles. The van der Waals surface area contributed by atoms with Crippen molar-refractivity contribution in [3.8, 4) is 0 Å². The second-order valence-corrected chi connectivity index (χ2v) is 9.70. The second kappa shape index (κ2) is 10.4. The van der Waals surface area contributed by atoms with Crippen LogP contribution in [0.1, 0.15) is 29.2 Å². The average Bonchev–Trinajstić information content (AvgIpc) is 2.65. The lowest BCUT2D eigenvalue weighted by atomic mass is 10.1. The molecule has 0 aliphatic carbocycles. The zero-order chi connectivity index (χ0) is 22.3. The molecule has 0 radical (unpaired) electrons. The zero-order valence-electron chi connectivity index (χ0n) is 18.3. The number of halogens is 1. The van der Waals surface area contributed by atoms with Gasteiger partial charge in [-0.3, -0.25) is 0 Å². The van der Waals surface area contributed by atoms with Crippen LogP contribution in [0.2, 0.25) is 0 Å². The average molecular weight is 435 g/mol. The molecule has 2 rings (SSSR count). The molecule has 0 saturated carbocycles.